The van der Waals surface area contributed by atoms with Gasteiger partial charge in [-0.15, -0.1) is 11.3 Å². The van der Waals surface area contributed by atoms with Gasteiger partial charge in [0.15, 0.2) is 11.2 Å². The van der Waals surface area contributed by atoms with Crippen LogP contribution in [0.1, 0.15) is 66.6 Å². The number of ketones is 1. The molecule has 39 heavy (non-hydrogen) atoms. The highest BCUT2D eigenvalue weighted by atomic mass is 32.2. The molecule has 0 fully saturated rings. The lowest BCUT2D eigenvalue weighted by Gasteiger charge is -2.19. The second-order valence-electron chi connectivity index (χ2n) is 9.84. The molecule has 1 aliphatic heterocycles. The molecule has 1 atom stereocenters. The summed E-state index contributed by atoms with van der Waals surface area (Å²) in [5.41, 5.74) is 3.63. The van der Waals surface area contributed by atoms with Crippen molar-refractivity contribution in [2.24, 2.45) is 0 Å². The molecule has 2 N–H and O–H groups in total. The Labute approximate surface area is 233 Å². The summed E-state index contributed by atoms with van der Waals surface area (Å²) >= 11 is 1.69. The lowest BCUT2D eigenvalue weighted by atomic mass is 9.96. The molecular formula is C32H30O5S2. The van der Waals surface area contributed by atoms with Crippen LogP contribution in [-0.2, 0) is 10.8 Å². The standard InChI is InChI=1S/C16H14O2S.C16H14OS.H2O2/c1-10(2)11-7-8-15-13(9-11)16(17)12-5-3-4-6-14(12)19(15)18;1-10(2)11-7-8-15-13(9-11)16(17)12-5-3-4-6-14(12)18-15;1-2/h3-10H,1-2H3;3-10H,1-2H3;1-2H. The third-order valence-electron chi connectivity index (χ3n) is 6.71. The van der Waals surface area contributed by atoms with E-state index in [1.807, 2.05) is 60.7 Å². The van der Waals surface area contributed by atoms with E-state index in [1.165, 1.54) is 5.56 Å². The summed E-state index contributed by atoms with van der Waals surface area (Å²) in [7, 11) is -1.25. The Hall–Kier alpha value is -3.49. The van der Waals surface area contributed by atoms with E-state index < -0.39 is 10.8 Å². The molecule has 0 aliphatic carbocycles. The fourth-order valence-electron chi connectivity index (χ4n) is 4.51. The molecule has 4 aromatic carbocycles. The van der Waals surface area contributed by atoms with E-state index >= 15 is 0 Å². The molecule has 200 valence electrons. The lowest BCUT2D eigenvalue weighted by molar-refractivity contribution is -0.176. The topological polar surface area (TPSA) is 91.7 Å². The minimum atomic E-state index is -1.25. The van der Waals surface area contributed by atoms with Crippen molar-refractivity contribution in [3.63, 3.8) is 0 Å². The number of rotatable bonds is 2. The minimum absolute atomic E-state index is 0.0206. The molecule has 0 radical (unpaired) electrons. The van der Waals surface area contributed by atoms with E-state index in [2.05, 4.69) is 39.8 Å². The number of hydrogen-bond donors (Lipinski definition) is 2. The number of fused-ring (bicyclic) bond motifs is 4. The molecule has 1 unspecified atom stereocenters. The predicted molar refractivity (Wildman–Crippen MR) is 160 cm³/mol. The maximum absolute atomic E-state index is 12.5. The highest BCUT2D eigenvalue weighted by molar-refractivity contribution is 7.85. The first-order chi connectivity index (χ1) is 18.8. The molecule has 1 aromatic heterocycles. The third kappa shape index (κ3) is 5.63. The van der Waals surface area contributed by atoms with Gasteiger partial charge in [0.05, 0.1) is 20.6 Å². The van der Waals surface area contributed by atoms with Crippen molar-refractivity contribution in [3.8, 4) is 0 Å². The van der Waals surface area contributed by atoms with Gasteiger partial charge in [-0.3, -0.25) is 20.1 Å². The lowest BCUT2D eigenvalue weighted by Crippen LogP contribution is -2.16. The average Bonchev–Trinajstić information content (AvgIpc) is 2.97. The summed E-state index contributed by atoms with van der Waals surface area (Å²) in [6.45, 7) is 8.46. The first-order valence-corrected chi connectivity index (χ1v) is 14.6. The number of carbonyl (C=O) groups is 1. The fourth-order valence-corrected chi connectivity index (χ4v) is 6.90. The van der Waals surface area contributed by atoms with Crippen LogP contribution in [-0.4, -0.2) is 20.5 Å². The van der Waals surface area contributed by atoms with Crippen LogP contribution in [0.4, 0.5) is 0 Å². The summed E-state index contributed by atoms with van der Waals surface area (Å²) < 4.78 is 14.6. The van der Waals surface area contributed by atoms with Gasteiger partial charge < -0.3 is 0 Å². The van der Waals surface area contributed by atoms with Crippen LogP contribution < -0.4 is 5.43 Å². The zero-order valence-corrected chi connectivity index (χ0v) is 23.8. The van der Waals surface area contributed by atoms with Crippen LogP contribution in [0.25, 0.3) is 20.2 Å². The van der Waals surface area contributed by atoms with E-state index in [9.17, 15) is 13.8 Å². The van der Waals surface area contributed by atoms with E-state index in [0.717, 1.165) is 25.7 Å². The van der Waals surface area contributed by atoms with Gasteiger partial charge in [0.2, 0.25) is 0 Å². The third-order valence-corrected chi connectivity index (χ3v) is 9.38. The zero-order chi connectivity index (χ0) is 28.3. The monoisotopic (exact) mass is 558 g/mol. The van der Waals surface area contributed by atoms with E-state index in [0.29, 0.717) is 32.8 Å². The normalized spacial score (nSPS) is 13.8. The van der Waals surface area contributed by atoms with Crippen molar-refractivity contribution < 1.29 is 19.5 Å². The molecule has 1 aliphatic rings. The van der Waals surface area contributed by atoms with Crippen molar-refractivity contribution in [1.82, 2.24) is 0 Å². The van der Waals surface area contributed by atoms with Gasteiger partial charge >= 0.3 is 0 Å². The van der Waals surface area contributed by atoms with Crippen molar-refractivity contribution in [2.75, 3.05) is 0 Å². The maximum atomic E-state index is 12.5. The molecule has 2 heterocycles. The van der Waals surface area contributed by atoms with Gasteiger partial charge in [0, 0.05) is 31.3 Å². The Kier molecular flexibility index (Phi) is 8.87. The molecule has 0 saturated carbocycles. The summed E-state index contributed by atoms with van der Waals surface area (Å²) in [6, 6.07) is 26.9. The van der Waals surface area contributed by atoms with E-state index in [1.54, 1.807) is 23.5 Å². The summed E-state index contributed by atoms with van der Waals surface area (Å²) in [5, 5.41) is 13.7. The van der Waals surface area contributed by atoms with Gasteiger partial charge in [-0.05, 0) is 71.5 Å². The number of carbonyl (C=O) groups excluding carboxylic acids is 1. The summed E-state index contributed by atoms with van der Waals surface area (Å²) in [6.07, 6.45) is 0. The van der Waals surface area contributed by atoms with Crippen molar-refractivity contribution in [2.45, 2.75) is 49.3 Å². The summed E-state index contributed by atoms with van der Waals surface area (Å²) in [5.74, 6) is 0.779. The summed E-state index contributed by atoms with van der Waals surface area (Å²) in [4.78, 5) is 26.2. The Bertz CT molecular complexity index is 1750. The molecule has 0 saturated heterocycles. The number of benzene rings is 4. The smallest absolute Gasteiger partial charge is 0.195 e. The molecular weight excluding hydrogens is 528 g/mol. The van der Waals surface area contributed by atoms with Crippen LogP contribution in [0.3, 0.4) is 0 Å². The Morgan fingerprint density at radius 1 is 0.641 bits per heavy atom. The first-order valence-electron chi connectivity index (χ1n) is 12.6. The largest absolute Gasteiger partial charge is 0.289 e. The Balaban J connectivity index is 0.000000170. The van der Waals surface area contributed by atoms with Crippen LogP contribution >= 0.6 is 11.3 Å². The average molecular weight is 559 g/mol. The zero-order valence-electron chi connectivity index (χ0n) is 22.2. The van der Waals surface area contributed by atoms with E-state index in [-0.39, 0.29) is 11.2 Å². The second-order valence-corrected chi connectivity index (χ2v) is 12.3. The molecule has 7 heteroatoms. The highest BCUT2D eigenvalue weighted by Crippen LogP contribution is 2.33. The van der Waals surface area contributed by atoms with Crippen LogP contribution in [0.15, 0.2) is 99.5 Å². The van der Waals surface area contributed by atoms with Crippen molar-refractivity contribution >= 4 is 48.1 Å². The molecule has 0 bridgehead atoms. The predicted octanol–water partition coefficient (Wildman–Crippen LogP) is 8.08. The van der Waals surface area contributed by atoms with Gasteiger partial charge in [-0.25, -0.2) is 4.21 Å². The first kappa shape index (κ1) is 28.5. The van der Waals surface area contributed by atoms with Gasteiger partial charge in [0.1, 0.15) is 0 Å². The van der Waals surface area contributed by atoms with Crippen LogP contribution in [0, 0.1) is 0 Å². The van der Waals surface area contributed by atoms with Gasteiger partial charge in [0.25, 0.3) is 0 Å². The molecule has 0 amide bonds. The molecule has 0 spiro atoms. The Morgan fingerprint density at radius 3 is 1.92 bits per heavy atom. The van der Waals surface area contributed by atoms with Crippen molar-refractivity contribution in [1.29, 1.82) is 0 Å². The SMILES string of the molecule is CC(C)c1ccc2c(c1)C(=O)c1ccccc1S2=O.CC(C)c1ccc2sc3ccccc3c(=O)c2c1.OO. The second kappa shape index (κ2) is 12.1. The Morgan fingerprint density at radius 2 is 1.21 bits per heavy atom. The van der Waals surface area contributed by atoms with Crippen LogP contribution in [0.2, 0.25) is 0 Å². The van der Waals surface area contributed by atoms with Crippen molar-refractivity contribution in [3.05, 3.63) is 117 Å². The quantitative estimate of drug-likeness (QED) is 0.127. The molecule has 6 rings (SSSR count). The van der Waals surface area contributed by atoms with Gasteiger partial charge in [-0.2, -0.15) is 0 Å². The van der Waals surface area contributed by atoms with Crippen LogP contribution in [0.5, 0.6) is 0 Å². The minimum Gasteiger partial charge on any atom is -0.289 e. The fraction of sp³-hybridized carbons (Fsp3) is 0.188. The maximum Gasteiger partial charge on any atom is 0.195 e. The highest BCUT2D eigenvalue weighted by Gasteiger charge is 2.28. The molecule has 5 aromatic rings. The van der Waals surface area contributed by atoms with E-state index in [4.69, 9.17) is 10.5 Å². The van der Waals surface area contributed by atoms with Gasteiger partial charge in [-0.1, -0.05) is 64.1 Å². The molecule has 5 nitrogen and oxygen atoms in total. The number of hydrogen-bond acceptors (Lipinski definition) is 6.